The highest BCUT2D eigenvalue weighted by molar-refractivity contribution is 4.72. The van der Waals surface area contributed by atoms with E-state index >= 15 is 0 Å². The van der Waals surface area contributed by atoms with Crippen molar-refractivity contribution in [2.75, 3.05) is 20.1 Å². The lowest BCUT2D eigenvalue weighted by atomic mass is 9.90. The Balaban J connectivity index is 2.10. The molecule has 1 N–H and O–H groups in total. The van der Waals surface area contributed by atoms with Crippen LogP contribution >= 0.6 is 0 Å². The van der Waals surface area contributed by atoms with E-state index in [-0.39, 0.29) is 6.10 Å². The predicted molar refractivity (Wildman–Crippen MR) is 60.4 cm³/mol. The molecule has 1 heterocycles. The van der Waals surface area contributed by atoms with Crippen LogP contribution in [0.25, 0.3) is 0 Å². The van der Waals surface area contributed by atoms with Crippen LogP contribution in [0.1, 0.15) is 45.4 Å². The normalized spacial score (nSPS) is 22.5. The number of hydrogen-bond donors (Lipinski definition) is 1. The Morgan fingerprint density at radius 1 is 1.36 bits per heavy atom. The van der Waals surface area contributed by atoms with E-state index in [1.54, 1.807) is 0 Å². The lowest BCUT2D eigenvalue weighted by Gasteiger charge is -2.30. The van der Waals surface area contributed by atoms with Gasteiger partial charge in [0.15, 0.2) is 0 Å². The van der Waals surface area contributed by atoms with Gasteiger partial charge in [0, 0.05) is 0 Å². The molecule has 1 saturated heterocycles. The Kier molecular flexibility index (Phi) is 5.49. The Morgan fingerprint density at radius 2 is 2.00 bits per heavy atom. The quantitative estimate of drug-likeness (QED) is 0.734. The van der Waals surface area contributed by atoms with E-state index in [1.165, 1.54) is 38.8 Å². The van der Waals surface area contributed by atoms with E-state index in [0.717, 1.165) is 18.8 Å². The van der Waals surface area contributed by atoms with Gasteiger partial charge in [-0.05, 0) is 51.7 Å². The average molecular weight is 199 g/mol. The van der Waals surface area contributed by atoms with Gasteiger partial charge in [-0.3, -0.25) is 0 Å². The minimum atomic E-state index is -0.0386. The van der Waals surface area contributed by atoms with Crippen molar-refractivity contribution >= 4 is 0 Å². The molecular formula is C12H25NO. The monoisotopic (exact) mass is 199 g/mol. The van der Waals surface area contributed by atoms with Gasteiger partial charge in [0.1, 0.15) is 0 Å². The molecule has 14 heavy (non-hydrogen) atoms. The molecule has 0 aromatic rings. The van der Waals surface area contributed by atoms with E-state index < -0.39 is 0 Å². The summed E-state index contributed by atoms with van der Waals surface area (Å²) in [7, 11) is 2.18. The largest absolute Gasteiger partial charge is 0.393 e. The molecule has 1 unspecified atom stereocenters. The number of piperidine rings is 1. The highest BCUT2D eigenvalue weighted by atomic mass is 16.3. The van der Waals surface area contributed by atoms with E-state index in [0.29, 0.717) is 0 Å². The zero-order valence-electron chi connectivity index (χ0n) is 9.71. The van der Waals surface area contributed by atoms with E-state index in [9.17, 15) is 5.11 Å². The molecule has 0 aromatic carbocycles. The van der Waals surface area contributed by atoms with Crippen LogP contribution in [0.2, 0.25) is 0 Å². The van der Waals surface area contributed by atoms with Crippen molar-refractivity contribution in [1.29, 1.82) is 0 Å². The molecule has 0 aliphatic carbocycles. The topological polar surface area (TPSA) is 23.5 Å². The molecule has 0 spiro atoms. The summed E-state index contributed by atoms with van der Waals surface area (Å²) >= 11 is 0. The molecule has 2 nitrogen and oxygen atoms in total. The van der Waals surface area contributed by atoms with Crippen molar-refractivity contribution in [3.05, 3.63) is 0 Å². The average Bonchev–Trinajstić information content (AvgIpc) is 2.18. The number of aliphatic hydroxyl groups is 1. The summed E-state index contributed by atoms with van der Waals surface area (Å²) in [5.74, 6) is 0.776. The number of likely N-dealkylation sites (tertiary alicyclic amines) is 1. The zero-order chi connectivity index (χ0) is 10.4. The molecule has 84 valence electrons. The van der Waals surface area contributed by atoms with Crippen LogP contribution in [0.5, 0.6) is 0 Å². The molecule has 1 atom stereocenters. The lowest BCUT2D eigenvalue weighted by molar-refractivity contribution is 0.106. The maximum absolute atomic E-state index is 9.78. The van der Waals surface area contributed by atoms with Crippen molar-refractivity contribution in [3.8, 4) is 0 Å². The Morgan fingerprint density at radius 3 is 2.57 bits per heavy atom. The molecule has 1 rings (SSSR count). The first-order valence-corrected chi connectivity index (χ1v) is 6.09. The molecule has 1 aliphatic heterocycles. The molecule has 0 radical (unpaired) electrons. The fraction of sp³-hybridized carbons (Fsp3) is 1.00. The van der Waals surface area contributed by atoms with Gasteiger partial charge in [0.05, 0.1) is 6.10 Å². The maximum atomic E-state index is 9.78. The molecule has 1 fully saturated rings. The smallest absolute Gasteiger partial charge is 0.0543 e. The first kappa shape index (κ1) is 12.0. The summed E-state index contributed by atoms with van der Waals surface area (Å²) < 4.78 is 0. The zero-order valence-corrected chi connectivity index (χ0v) is 9.71. The van der Waals surface area contributed by atoms with Crippen LogP contribution in [-0.2, 0) is 0 Å². The van der Waals surface area contributed by atoms with Crippen LogP contribution in [0.15, 0.2) is 0 Å². The van der Waals surface area contributed by atoms with E-state index in [2.05, 4.69) is 18.9 Å². The summed E-state index contributed by atoms with van der Waals surface area (Å²) in [5, 5.41) is 9.78. The lowest BCUT2D eigenvalue weighted by Crippen LogP contribution is -2.31. The third kappa shape index (κ3) is 4.43. The first-order valence-electron chi connectivity index (χ1n) is 6.09. The van der Waals surface area contributed by atoms with E-state index in [4.69, 9.17) is 0 Å². The highest BCUT2D eigenvalue weighted by Crippen LogP contribution is 2.22. The Hall–Kier alpha value is -0.0800. The molecular weight excluding hydrogens is 174 g/mol. The SMILES string of the molecule is CCCCC(O)CC1CCN(C)CC1. The van der Waals surface area contributed by atoms with E-state index in [1.807, 2.05) is 0 Å². The van der Waals surface area contributed by atoms with Gasteiger partial charge >= 0.3 is 0 Å². The summed E-state index contributed by atoms with van der Waals surface area (Å²) in [6.45, 7) is 4.61. The number of unbranched alkanes of at least 4 members (excludes halogenated alkanes) is 1. The molecule has 0 amide bonds. The standard InChI is InChI=1S/C12H25NO/c1-3-4-5-12(14)10-11-6-8-13(2)9-7-11/h11-12,14H,3-10H2,1-2H3. The minimum Gasteiger partial charge on any atom is -0.393 e. The third-order valence-electron chi connectivity index (χ3n) is 3.33. The summed E-state index contributed by atoms with van der Waals surface area (Å²) in [5.41, 5.74) is 0. The fourth-order valence-electron chi connectivity index (χ4n) is 2.24. The van der Waals surface area contributed by atoms with Crippen LogP contribution in [0.3, 0.4) is 0 Å². The van der Waals surface area contributed by atoms with Crippen molar-refractivity contribution in [2.45, 2.75) is 51.6 Å². The number of hydrogen-bond acceptors (Lipinski definition) is 2. The van der Waals surface area contributed by atoms with Crippen LogP contribution in [0, 0.1) is 5.92 Å². The third-order valence-corrected chi connectivity index (χ3v) is 3.33. The second-order valence-electron chi connectivity index (χ2n) is 4.78. The molecule has 0 saturated carbocycles. The van der Waals surface area contributed by atoms with Crippen LogP contribution in [0.4, 0.5) is 0 Å². The molecule has 2 heteroatoms. The van der Waals surface area contributed by atoms with Gasteiger partial charge in [0.2, 0.25) is 0 Å². The minimum absolute atomic E-state index is 0.0386. The number of rotatable bonds is 5. The van der Waals surface area contributed by atoms with Crippen molar-refractivity contribution in [2.24, 2.45) is 5.92 Å². The summed E-state index contributed by atoms with van der Waals surface area (Å²) in [6, 6.07) is 0. The molecule has 1 aliphatic rings. The summed E-state index contributed by atoms with van der Waals surface area (Å²) in [6.07, 6.45) is 6.93. The molecule has 0 bridgehead atoms. The number of nitrogens with zero attached hydrogens (tertiary/aromatic N) is 1. The van der Waals surface area contributed by atoms with Gasteiger partial charge in [0.25, 0.3) is 0 Å². The highest BCUT2D eigenvalue weighted by Gasteiger charge is 2.19. The molecule has 0 aromatic heterocycles. The predicted octanol–water partition coefficient (Wildman–Crippen LogP) is 2.27. The fourth-order valence-corrected chi connectivity index (χ4v) is 2.24. The number of aliphatic hydroxyl groups excluding tert-OH is 1. The second kappa shape index (κ2) is 6.41. The van der Waals surface area contributed by atoms with Crippen molar-refractivity contribution in [1.82, 2.24) is 4.90 Å². The first-order chi connectivity index (χ1) is 6.72. The second-order valence-corrected chi connectivity index (χ2v) is 4.78. The summed E-state index contributed by atoms with van der Waals surface area (Å²) in [4.78, 5) is 2.38. The van der Waals surface area contributed by atoms with Crippen LogP contribution < -0.4 is 0 Å². The van der Waals surface area contributed by atoms with Gasteiger partial charge < -0.3 is 10.0 Å². The van der Waals surface area contributed by atoms with Crippen molar-refractivity contribution in [3.63, 3.8) is 0 Å². The Labute approximate surface area is 88.3 Å². The maximum Gasteiger partial charge on any atom is 0.0543 e. The Bertz CT molecular complexity index is 141. The van der Waals surface area contributed by atoms with Crippen LogP contribution in [-0.4, -0.2) is 36.2 Å². The van der Waals surface area contributed by atoms with Gasteiger partial charge in [-0.1, -0.05) is 19.8 Å². The van der Waals surface area contributed by atoms with Gasteiger partial charge in [-0.2, -0.15) is 0 Å². The van der Waals surface area contributed by atoms with Gasteiger partial charge in [-0.25, -0.2) is 0 Å². The van der Waals surface area contributed by atoms with Crippen molar-refractivity contribution < 1.29 is 5.11 Å². The van der Waals surface area contributed by atoms with Gasteiger partial charge in [-0.15, -0.1) is 0 Å².